The monoisotopic (exact) mass is 171 g/mol. The Morgan fingerprint density at radius 1 is 0.923 bits per heavy atom. The van der Waals surface area contributed by atoms with E-state index in [0.717, 1.165) is 21.9 Å². The van der Waals surface area contributed by atoms with Crippen LogP contribution in [0.5, 0.6) is 0 Å². The number of furan rings is 1. The zero-order valence-electron chi connectivity index (χ0n) is 6.64. The van der Waals surface area contributed by atoms with E-state index in [1.165, 1.54) is 0 Å². The summed E-state index contributed by atoms with van der Waals surface area (Å²) in [7, 11) is 0. The largest absolute Gasteiger partial charge is 0.453 e. The van der Waals surface area contributed by atoms with Crippen molar-refractivity contribution in [1.82, 2.24) is 15.2 Å². The summed E-state index contributed by atoms with van der Waals surface area (Å²) in [5, 5.41) is 9.56. The minimum absolute atomic E-state index is 0.748. The van der Waals surface area contributed by atoms with Gasteiger partial charge in [0.05, 0.1) is 24.0 Å². The molecule has 3 heterocycles. The van der Waals surface area contributed by atoms with Crippen molar-refractivity contribution in [2.24, 2.45) is 0 Å². The SMILES string of the molecule is c1cc2c(cn1)oc1cnncc12. The first-order valence-electron chi connectivity index (χ1n) is 3.88. The molecule has 3 aromatic rings. The van der Waals surface area contributed by atoms with Gasteiger partial charge in [-0.2, -0.15) is 10.2 Å². The second kappa shape index (κ2) is 2.26. The fraction of sp³-hybridized carbons (Fsp3) is 0. The molecule has 0 N–H and O–H groups in total. The minimum Gasteiger partial charge on any atom is -0.453 e. The van der Waals surface area contributed by atoms with E-state index >= 15 is 0 Å². The van der Waals surface area contributed by atoms with Crippen molar-refractivity contribution >= 4 is 21.9 Å². The molecule has 13 heavy (non-hydrogen) atoms. The lowest BCUT2D eigenvalue weighted by molar-refractivity contribution is 0.663. The van der Waals surface area contributed by atoms with Crippen LogP contribution in [0.3, 0.4) is 0 Å². The second-order valence-corrected chi connectivity index (χ2v) is 2.74. The molecule has 3 rings (SSSR count). The third kappa shape index (κ3) is 0.823. The van der Waals surface area contributed by atoms with Gasteiger partial charge in [-0.1, -0.05) is 0 Å². The van der Waals surface area contributed by atoms with Crippen LogP contribution in [0.2, 0.25) is 0 Å². The highest BCUT2D eigenvalue weighted by Crippen LogP contribution is 2.25. The Morgan fingerprint density at radius 2 is 1.77 bits per heavy atom. The van der Waals surface area contributed by atoms with Crippen LogP contribution in [-0.2, 0) is 0 Å². The standard InChI is InChI=1S/C9H5N3O/c1-2-10-4-8-6(1)7-3-11-12-5-9(7)13-8/h1-5H. The number of fused-ring (bicyclic) bond motifs is 3. The summed E-state index contributed by atoms with van der Waals surface area (Å²) in [6, 6.07) is 1.91. The summed E-state index contributed by atoms with van der Waals surface area (Å²) < 4.78 is 5.49. The summed E-state index contributed by atoms with van der Waals surface area (Å²) in [6.45, 7) is 0. The van der Waals surface area contributed by atoms with E-state index in [4.69, 9.17) is 4.42 Å². The fourth-order valence-corrected chi connectivity index (χ4v) is 1.40. The van der Waals surface area contributed by atoms with Crippen LogP contribution in [0.25, 0.3) is 21.9 Å². The third-order valence-electron chi connectivity index (χ3n) is 1.99. The molecule has 0 fully saturated rings. The molecule has 0 saturated carbocycles. The molecular formula is C9H5N3O. The highest BCUT2D eigenvalue weighted by Gasteiger charge is 2.05. The van der Waals surface area contributed by atoms with Gasteiger partial charge in [0.25, 0.3) is 0 Å². The maximum Gasteiger partial charge on any atom is 0.157 e. The van der Waals surface area contributed by atoms with E-state index in [1.807, 2.05) is 6.07 Å². The summed E-state index contributed by atoms with van der Waals surface area (Å²) in [6.07, 6.45) is 6.73. The van der Waals surface area contributed by atoms with Crippen molar-refractivity contribution in [3.63, 3.8) is 0 Å². The van der Waals surface area contributed by atoms with Crippen LogP contribution < -0.4 is 0 Å². The van der Waals surface area contributed by atoms with Crippen LogP contribution in [-0.4, -0.2) is 15.2 Å². The lowest BCUT2D eigenvalue weighted by Crippen LogP contribution is -1.75. The number of hydrogen-bond donors (Lipinski definition) is 0. The lowest BCUT2D eigenvalue weighted by atomic mass is 10.2. The van der Waals surface area contributed by atoms with Crippen molar-refractivity contribution in [2.75, 3.05) is 0 Å². The zero-order valence-corrected chi connectivity index (χ0v) is 6.64. The molecule has 0 atom stereocenters. The Hall–Kier alpha value is -1.97. The predicted molar refractivity (Wildman–Crippen MR) is 47.1 cm³/mol. The Kier molecular flexibility index (Phi) is 1.14. The van der Waals surface area contributed by atoms with Gasteiger partial charge in [0.2, 0.25) is 0 Å². The molecule has 0 radical (unpaired) electrons. The first-order valence-corrected chi connectivity index (χ1v) is 3.88. The molecule has 0 bridgehead atoms. The third-order valence-corrected chi connectivity index (χ3v) is 1.99. The molecule has 0 spiro atoms. The van der Waals surface area contributed by atoms with Gasteiger partial charge in [-0.25, -0.2) is 0 Å². The average molecular weight is 171 g/mol. The number of hydrogen-bond acceptors (Lipinski definition) is 4. The number of pyridine rings is 1. The van der Waals surface area contributed by atoms with Gasteiger partial charge >= 0.3 is 0 Å². The van der Waals surface area contributed by atoms with Crippen LogP contribution in [0.4, 0.5) is 0 Å². The highest BCUT2D eigenvalue weighted by atomic mass is 16.3. The number of rotatable bonds is 0. The molecule has 3 aromatic heterocycles. The Bertz CT molecular complexity index is 523. The normalized spacial score (nSPS) is 11.1. The van der Waals surface area contributed by atoms with Gasteiger partial charge in [0.1, 0.15) is 0 Å². The lowest BCUT2D eigenvalue weighted by Gasteiger charge is -1.83. The highest BCUT2D eigenvalue weighted by molar-refractivity contribution is 6.03. The Morgan fingerprint density at radius 3 is 2.77 bits per heavy atom. The molecule has 4 nitrogen and oxygen atoms in total. The summed E-state index contributed by atoms with van der Waals surface area (Å²) in [5.74, 6) is 0. The number of aromatic nitrogens is 3. The van der Waals surface area contributed by atoms with E-state index in [0.29, 0.717) is 0 Å². The molecule has 0 aromatic carbocycles. The van der Waals surface area contributed by atoms with Crippen molar-refractivity contribution in [1.29, 1.82) is 0 Å². The van der Waals surface area contributed by atoms with E-state index in [9.17, 15) is 0 Å². The fourth-order valence-electron chi connectivity index (χ4n) is 1.40. The molecule has 0 unspecified atom stereocenters. The Labute approximate surface area is 73.2 Å². The van der Waals surface area contributed by atoms with Gasteiger partial charge in [0, 0.05) is 11.6 Å². The summed E-state index contributed by atoms with van der Waals surface area (Å²) in [4.78, 5) is 3.97. The second-order valence-electron chi connectivity index (χ2n) is 2.74. The molecule has 0 aliphatic rings. The van der Waals surface area contributed by atoms with Gasteiger partial charge in [0.15, 0.2) is 11.2 Å². The van der Waals surface area contributed by atoms with Crippen molar-refractivity contribution in [3.8, 4) is 0 Å². The smallest absolute Gasteiger partial charge is 0.157 e. The molecule has 0 saturated heterocycles. The van der Waals surface area contributed by atoms with Crippen LogP contribution in [0, 0.1) is 0 Å². The van der Waals surface area contributed by atoms with Gasteiger partial charge in [-0.3, -0.25) is 4.98 Å². The molecule has 4 heteroatoms. The van der Waals surface area contributed by atoms with Crippen molar-refractivity contribution in [3.05, 3.63) is 30.9 Å². The van der Waals surface area contributed by atoms with Crippen LogP contribution in [0.15, 0.2) is 35.3 Å². The first kappa shape index (κ1) is 6.54. The van der Waals surface area contributed by atoms with E-state index in [1.54, 1.807) is 24.8 Å². The van der Waals surface area contributed by atoms with Crippen molar-refractivity contribution < 1.29 is 4.42 Å². The molecule has 62 valence electrons. The summed E-state index contributed by atoms with van der Waals surface area (Å²) >= 11 is 0. The number of nitrogens with zero attached hydrogens (tertiary/aromatic N) is 3. The molecule has 0 amide bonds. The predicted octanol–water partition coefficient (Wildman–Crippen LogP) is 1.77. The van der Waals surface area contributed by atoms with Gasteiger partial charge in [-0.15, -0.1) is 0 Å². The van der Waals surface area contributed by atoms with Gasteiger partial charge in [-0.05, 0) is 6.07 Å². The van der Waals surface area contributed by atoms with Gasteiger partial charge < -0.3 is 4.42 Å². The van der Waals surface area contributed by atoms with Crippen LogP contribution >= 0.6 is 0 Å². The zero-order chi connectivity index (χ0) is 8.67. The van der Waals surface area contributed by atoms with Crippen molar-refractivity contribution in [2.45, 2.75) is 0 Å². The molecular weight excluding hydrogens is 166 g/mol. The molecule has 0 aliphatic carbocycles. The van der Waals surface area contributed by atoms with E-state index < -0.39 is 0 Å². The van der Waals surface area contributed by atoms with Crippen LogP contribution in [0.1, 0.15) is 0 Å². The first-order chi connectivity index (χ1) is 6.45. The maximum absolute atomic E-state index is 5.49. The summed E-state index contributed by atoms with van der Waals surface area (Å²) in [5.41, 5.74) is 1.52. The molecule has 0 aliphatic heterocycles. The van der Waals surface area contributed by atoms with E-state index in [2.05, 4.69) is 15.2 Å². The maximum atomic E-state index is 5.49. The average Bonchev–Trinajstić information content (AvgIpc) is 2.56. The van der Waals surface area contributed by atoms with E-state index in [-0.39, 0.29) is 0 Å². The minimum atomic E-state index is 0.748. The topological polar surface area (TPSA) is 51.8 Å². The quantitative estimate of drug-likeness (QED) is 0.517. The Balaban J connectivity index is 2.64.